The van der Waals surface area contributed by atoms with Crippen molar-refractivity contribution in [2.24, 2.45) is 0 Å². The molecule has 118 valence electrons. The first-order valence-corrected chi connectivity index (χ1v) is 6.83. The van der Waals surface area contributed by atoms with E-state index in [0.717, 1.165) is 0 Å². The first kappa shape index (κ1) is 14.8. The molecule has 23 heavy (non-hydrogen) atoms. The van der Waals surface area contributed by atoms with Gasteiger partial charge >= 0.3 is 0 Å². The maximum absolute atomic E-state index is 12.4. The van der Waals surface area contributed by atoms with Crippen molar-refractivity contribution in [3.05, 3.63) is 46.6 Å². The topological polar surface area (TPSA) is 94.9 Å². The van der Waals surface area contributed by atoms with Crippen molar-refractivity contribution in [1.82, 2.24) is 0 Å². The van der Waals surface area contributed by atoms with E-state index < -0.39 is 0 Å². The summed E-state index contributed by atoms with van der Waals surface area (Å²) < 4.78 is 16.0. The van der Waals surface area contributed by atoms with Crippen LogP contribution in [-0.2, 0) is 0 Å². The molecule has 0 amide bonds. The van der Waals surface area contributed by atoms with Crippen molar-refractivity contribution in [3.8, 4) is 28.6 Å². The van der Waals surface area contributed by atoms with Crippen molar-refractivity contribution in [1.29, 1.82) is 0 Å². The van der Waals surface area contributed by atoms with Gasteiger partial charge in [-0.1, -0.05) is 0 Å². The first-order valence-electron chi connectivity index (χ1n) is 6.83. The van der Waals surface area contributed by atoms with Crippen LogP contribution in [0.5, 0.6) is 17.2 Å². The van der Waals surface area contributed by atoms with E-state index in [9.17, 15) is 9.90 Å². The highest BCUT2D eigenvalue weighted by molar-refractivity contribution is 5.89. The molecule has 3 N–H and O–H groups in total. The van der Waals surface area contributed by atoms with E-state index in [2.05, 4.69) is 0 Å². The summed E-state index contributed by atoms with van der Waals surface area (Å²) in [5, 5.41) is 10.3. The van der Waals surface area contributed by atoms with Crippen LogP contribution in [-0.4, -0.2) is 19.3 Å². The lowest BCUT2D eigenvalue weighted by atomic mass is 10.1. The lowest BCUT2D eigenvalue weighted by Gasteiger charge is -2.11. The fourth-order valence-corrected chi connectivity index (χ4v) is 2.40. The predicted octanol–water partition coefficient (Wildman–Crippen LogP) is 2.77. The Hall–Kier alpha value is -3.15. The van der Waals surface area contributed by atoms with Gasteiger partial charge in [-0.3, -0.25) is 4.79 Å². The second kappa shape index (κ2) is 5.57. The summed E-state index contributed by atoms with van der Waals surface area (Å²) in [6.07, 6.45) is 0. The van der Waals surface area contributed by atoms with Gasteiger partial charge in [0.2, 0.25) is 5.75 Å². The maximum atomic E-state index is 12.4. The monoisotopic (exact) mass is 313 g/mol. The van der Waals surface area contributed by atoms with Crippen molar-refractivity contribution < 1.29 is 19.0 Å². The van der Waals surface area contributed by atoms with Crippen molar-refractivity contribution >= 4 is 16.7 Å². The SMILES string of the molecule is COc1cc2oc(-c3ccc(N)cc3)cc(=O)c2c(O)c1OC. The zero-order valence-corrected chi connectivity index (χ0v) is 12.6. The van der Waals surface area contributed by atoms with E-state index in [1.54, 1.807) is 24.3 Å². The molecule has 0 fully saturated rings. The second-order valence-corrected chi connectivity index (χ2v) is 4.93. The molecule has 3 aromatic rings. The number of phenolic OH excluding ortho intramolecular Hbond substituents is 1. The lowest BCUT2D eigenvalue weighted by Crippen LogP contribution is -2.03. The Bertz CT molecular complexity index is 928. The third-order valence-electron chi connectivity index (χ3n) is 3.53. The van der Waals surface area contributed by atoms with Gasteiger partial charge in [-0.25, -0.2) is 0 Å². The van der Waals surface area contributed by atoms with Crippen LogP contribution in [0.25, 0.3) is 22.3 Å². The van der Waals surface area contributed by atoms with Gasteiger partial charge in [0.1, 0.15) is 16.7 Å². The molecule has 0 saturated heterocycles. The van der Waals surface area contributed by atoms with E-state index in [0.29, 0.717) is 17.0 Å². The number of phenols is 1. The molecule has 0 spiro atoms. The van der Waals surface area contributed by atoms with Gasteiger partial charge in [-0.2, -0.15) is 0 Å². The van der Waals surface area contributed by atoms with Gasteiger partial charge in [-0.15, -0.1) is 0 Å². The summed E-state index contributed by atoms with van der Waals surface area (Å²) in [4.78, 5) is 12.4. The number of nitrogen functional groups attached to an aromatic ring is 1. The minimum Gasteiger partial charge on any atom is -0.504 e. The molecule has 6 nitrogen and oxygen atoms in total. The molecule has 1 heterocycles. The van der Waals surface area contributed by atoms with E-state index in [1.165, 1.54) is 26.4 Å². The lowest BCUT2D eigenvalue weighted by molar-refractivity contribution is 0.334. The maximum Gasteiger partial charge on any atom is 0.204 e. The molecule has 0 aliphatic rings. The molecule has 0 bridgehead atoms. The molecular weight excluding hydrogens is 298 g/mol. The minimum atomic E-state index is -0.378. The van der Waals surface area contributed by atoms with Crippen LogP contribution < -0.4 is 20.6 Å². The van der Waals surface area contributed by atoms with Crippen molar-refractivity contribution in [2.75, 3.05) is 20.0 Å². The van der Waals surface area contributed by atoms with Crippen LogP contribution in [0.15, 0.2) is 45.6 Å². The molecule has 0 radical (unpaired) electrons. The highest BCUT2D eigenvalue weighted by Gasteiger charge is 2.19. The normalized spacial score (nSPS) is 10.7. The molecule has 0 atom stereocenters. The third-order valence-corrected chi connectivity index (χ3v) is 3.53. The van der Waals surface area contributed by atoms with E-state index in [-0.39, 0.29) is 33.6 Å². The van der Waals surface area contributed by atoms with Crippen LogP contribution in [0.3, 0.4) is 0 Å². The quantitative estimate of drug-likeness (QED) is 0.722. The summed E-state index contributed by atoms with van der Waals surface area (Å²) in [7, 11) is 2.82. The predicted molar refractivity (Wildman–Crippen MR) is 87.1 cm³/mol. The Kier molecular flexibility index (Phi) is 3.57. The summed E-state index contributed by atoms with van der Waals surface area (Å²) in [6, 6.07) is 9.76. The largest absolute Gasteiger partial charge is 0.504 e. The molecule has 0 aliphatic heterocycles. The van der Waals surface area contributed by atoms with E-state index >= 15 is 0 Å². The molecule has 6 heteroatoms. The number of rotatable bonds is 3. The third kappa shape index (κ3) is 2.44. The number of benzene rings is 2. The van der Waals surface area contributed by atoms with Gasteiger partial charge in [0.05, 0.1) is 14.2 Å². The van der Waals surface area contributed by atoms with Crippen molar-refractivity contribution in [2.45, 2.75) is 0 Å². The van der Waals surface area contributed by atoms with Crippen LogP contribution in [0.1, 0.15) is 0 Å². The van der Waals surface area contributed by atoms with Gasteiger partial charge in [-0.05, 0) is 24.3 Å². The van der Waals surface area contributed by atoms with Gasteiger partial charge in [0, 0.05) is 23.4 Å². The summed E-state index contributed by atoms with van der Waals surface area (Å²) in [5.41, 5.74) is 6.80. The Morgan fingerprint density at radius 1 is 1.09 bits per heavy atom. The van der Waals surface area contributed by atoms with E-state index in [1.807, 2.05) is 0 Å². The van der Waals surface area contributed by atoms with Crippen LogP contribution >= 0.6 is 0 Å². The average molecular weight is 313 g/mol. The first-order chi connectivity index (χ1) is 11.0. The molecule has 3 rings (SSSR count). The number of anilines is 1. The molecule has 0 unspecified atom stereocenters. The van der Waals surface area contributed by atoms with E-state index in [4.69, 9.17) is 19.6 Å². The molecule has 0 aliphatic carbocycles. The highest BCUT2D eigenvalue weighted by Crippen LogP contribution is 2.41. The van der Waals surface area contributed by atoms with Crippen molar-refractivity contribution in [3.63, 3.8) is 0 Å². The van der Waals surface area contributed by atoms with Crippen LogP contribution in [0.2, 0.25) is 0 Å². The average Bonchev–Trinajstić information content (AvgIpc) is 2.54. The Balaban J connectivity index is 2.30. The fourth-order valence-electron chi connectivity index (χ4n) is 2.40. The number of ether oxygens (including phenoxy) is 2. The number of fused-ring (bicyclic) bond motifs is 1. The fraction of sp³-hybridized carbons (Fsp3) is 0.118. The zero-order chi connectivity index (χ0) is 16.6. The number of methoxy groups -OCH3 is 2. The van der Waals surface area contributed by atoms with Crippen LogP contribution in [0, 0.1) is 0 Å². The summed E-state index contributed by atoms with van der Waals surface area (Å²) in [6.45, 7) is 0. The molecule has 1 aromatic heterocycles. The Morgan fingerprint density at radius 3 is 2.39 bits per heavy atom. The molecular formula is C17H15NO5. The highest BCUT2D eigenvalue weighted by atomic mass is 16.5. The number of nitrogens with two attached hydrogens (primary N) is 1. The van der Waals surface area contributed by atoms with Crippen LogP contribution in [0.4, 0.5) is 5.69 Å². The van der Waals surface area contributed by atoms with Gasteiger partial charge in [0.15, 0.2) is 16.9 Å². The second-order valence-electron chi connectivity index (χ2n) is 4.93. The Labute approximate surface area is 131 Å². The van der Waals surface area contributed by atoms with Gasteiger partial charge < -0.3 is 24.7 Å². The molecule has 2 aromatic carbocycles. The number of hydrogen-bond acceptors (Lipinski definition) is 6. The smallest absolute Gasteiger partial charge is 0.204 e. The van der Waals surface area contributed by atoms with Gasteiger partial charge in [0.25, 0.3) is 0 Å². The zero-order valence-electron chi connectivity index (χ0n) is 12.6. The summed E-state index contributed by atoms with van der Waals surface area (Å²) >= 11 is 0. The standard InChI is InChI=1S/C17H15NO5/c1-21-14-8-13-15(16(20)17(14)22-2)11(19)7-12(23-13)9-3-5-10(18)6-4-9/h3-8,20H,18H2,1-2H3. The Morgan fingerprint density at radius 2 is 1.78 bits per heavy atom. The number of hydrogen-bond donors (Lipinski definition) is 2. The molecule has 0 saturated carbocycles. The summed E-state index contributed by atoms with van der Waals surface area (Å²) in [5.74, 6) is 0.427. The number of aromatic hydroxyl groups is 1. The minimum absolute atomic E-state index is 0.0434.